The van der Waals surface area contributed by atoms with E-state index in [1.165, 1.54) is 14.0 Å². The Kier molecular flexibility index (Phi) is 2.77. The van der Waals surface area contributed by atoms with Crippen LogP contribution in [0.1, 0.15) is 27.2 Å². The zero-order valence-corrected chi connectivity index (χ0v) is 6.87. The summed E-state index contributed by atoms with van der Waals surface area (Å²) in [4.78, 5) is 0. The van der Waals surface area contributed by atoms with E-state index in [4.69, 9.17) is 4.74 Å². The molecule has 0 fully saturated rings. The fourth-order valence-electron chi connectivity index (χ4n) is 0.634. The van der Waals surface area contributed by atoms with Gasteiger partial charge in [0.2, 0.25) is 0 Å². The molecule has 0 aliphatic heterocycles. The maximum absolute atomic E-state index is 12.6. The zero-order chi connectivity index (χ0) is 8.41. The Labute approximate surface area is 60.4 Å². The second-order valence-corrected chi connectivity index (χ2v) is 2.68. The fraction of sp³-hybridized carbons (Fsp3) is 1.00. The van der Waals surface area contributed by atoms with Crippen LogP contribution in [0.4, 0.5) is 8.78 Å². The van der Waals surface area contributed by atoms with Gasteiger partial charge in [-0.05, 0) is 13.3 Å². The summed E-state index contributed by atoms with van der Waals surface area (Å²) >= 11 is 0. The Morgan fingerprint density at radius 2 is 1.70 bits per heavy atom. The van der Waals surface area contributed by atoms with Crippen molar-refractivity contribution < 1.29 is 13.5 Å². The molecule has 1 unspecified atom stereocenters. The monoisotopic (exact) mass is 152 g/mol. The second kappa shape index (κ2) is 2.82. The van der Waals surface area contributed by atoms with Crippen molar-refractivity contribution in [3.8, 4) is 0 Å². The standard InChI is InChI=1S/C7H14F2O/c1-5-6(2,10-4)7(3,8)9/h5H2,1-4H3. The Morgan fingerprint density at radius 1 is 1.30 bits per heavy atom. The van der Waals surface area contributed by atoms with Crippen LogP contribution in [0.5, 0.6) is 0 Å². The van der Waals surface area contributed by atoms with Crippen molar-refractivity contribution in [3.63, 3.8) is 0 Å². The Balaban J connectivity index is 4.33. The summed E-state index contributed by atoms with van der Waals surface area (Å²) in [5.41, 5.74) is -1.31. The van der Waals surface area contributed by atoms with Gasteiger partial charge < -0.3 is 4.74 Å². The highest BCUT2D eigenvalue weighted by atomic mass is 19.3. The molecule has 0 aliphatic carbocycles. The topological polar surface area (TPSA) is 9.23 Å². The molecule has 0 N–H and O–H groups in total. The smallest absolute Gasteiger partial charge is 0.273 e. The Morgan fingerprint density at radius 3 is 1.70 bits per heavy atom. The molecule has 0 amide bonds. The quantitative estimate of drug-likeness (QED) is 0.603. The predicted molar refractivity (Wildman–Crippen MR) is 36.3 cm³/mol. The molecule has 10 heavy (non-hydrogen) atoms. The predicted octanol–water partition coefficient (Wildman–Crippen LogP) is 2.46. The number of halogens is 2. The molecule has 0 bridgehead atoms. The molecule has 1 atom stereocenters. The zero-order valence-electron chi connectivity index (χ0n) is 6.87. The average Bonchev–Trinajstić information content (AvgIpc) is 1.84. The second-order valence-electron chi connectivity index (χ2n) is 2.68. The van der Waals surface area contributed by atoms with Crippen LogP contribution in [0.2, 0.25) is 0 Å². The summed E-state index contributed by atoms with van der Waals surface area (Å²) in [5.74, 6) is -2.77. The minimum Gasteiger partial charge on any atom is -0.372 e. The van der Waals surface area contributed by atoms with Gasteiger partial charge >= 0.3 is 0 Å². The van der Waals surface area contributed by atoms with Gasteiger partial charge in [0.25, 0.3) is 5.92 Å². The van der Waals surface area contributed by atoms with E-state index in [2.05, 4.69) is 0 Å². The summed E-state index contributed by atoms with van der Waals surface area (Å²) < 4.78 is 30.0. The number of methoxy groups -OCH3 is 1. The number of hydrogen-bond donors (Lipinski definition) is 0. The highest BCUT2D eigenvalue weighted by Gasteiger charge is 2.44. The van der Waals surface area contributed by atoms with Crippen LogP contribution in [0.15, 0.2) is 0 Å². The van der Waals surface area contributed by atoms with Crippen molar-refractivity contribution in [2.75, 3.05) is 7.11 Å². The van der Waals surface area contributed by atoms with E-state index in [0.29, 0.717) is 6.42 Å². The number of alkyl halides is 2. The normalized spacial score (nSPS) is 18.6. The summed E-state index contributed by atoms with van der Waals surface area (Å²) in [7, 11) is 1.31. The van der Waals surface area contributed by atoms with Crippen LogP contribution in [-0.2, 0) is 4.74 Å². The lowest BCUT2D eigenvalue weighted by atomic mass is 9.96. The Hall–Kier alpha value is -0.180. The summed E-state index contributed by atoms with van der Waals surface area (Å²) in [6.45, 7) is 3.97. The third kappa shape index (κ3) is 1.66. The van der Waals surface area contributed by atoms with Gasteiger partial charge in [0.1, 0.15) is 5.60 Å². The van der Waals surface area contributed by atoms with Crippen molar-refractivity contribution in [1.82, 2.24) is 0 Å². The largest absolute Gasteiger partial charge is 0.372 e. The van der Waals surface area contributed by atoms with Crippen LogP contribution in [0, 0.1) is 0 Å². The van der Waals surface area contributed by atoms with Crippen LogP contribution >= 0.6 is 0 Å². The lowest BCUT2D eigenvalue weighted by Crippen LogP contribution is -2.44. The molecule has 3 heteroatoms. The maximum atomic E-state index is 12.6. The van der Waals surface area contributed by atoms with Crippen LogP contribution in [0.25, 0.3) is 0 Å². The van der Waals surface area contributed by atoms with Gasteiger partial charge in [-0.2, -0.15) is 0 Å². The fourth-order valence-corrected chi connectivity index (χ4v) is 0.634. The third-order valence-corrected chi connectivity index (χ3v) is 2.05. The van der Waals surface area contributed by atoms with Crippen molar-refractivity contribution in [1.29, 1.82) is 0 Å². The lowest BCUT2D eigenvalue weighted by molar-refractivity contribution is -0.177. The minimum absolute atomic E-state index is 0.312. The van der Waals surface area contributed by atoms with Crippen molar-refractivity contribution in [3.05, 3.63) is 0 Å². The molecule has 62 valence electrons. The molecule has 0 aliphatic rings. The van der Waals surface area contributed by atoms with E-state index in [-0.39, 0.29) is 0 Å². The third-order valence-electron chi connectivity index (χ3n) is 2.05. The van der Waals surface area contributed by atoms with E-state index < -0.39 is 11.5 Å². The maximum Gasteiger partial charge on any atom is 0.273 e. The molecule has 1 nitrogen and oxygen atoms in total. The first-order valence-corrected chi connectivity index (χ1v) is 3.30. The van der Waals surface area contributed by atoms with Gasteiger partial charge in [-0.25, -0.2) is 8.78 Å². The van der Waals surface area contributed by atoms with Crippen molar-refractivity contribution >= 4 is 0 Å². The van der Waals surface area contributed by atoms with Gasteiger partial charge in [-0.15, -0.1) is 0 Å². The van der Waals surface area contributed by atoms with Gasteiger partial charge in [-0.1, -0.05) is 6.92 Å². The van der Waals surface area contributed by atoms with Gasteiger partial charge in [0.15, 0.2) is 0 Å². The number of hydrogen-bond acceptors (Lipinski definition) is 1. The van der Waals surface area contributed by atoms with Gasteiger partial charge in [-0.3, -0.25) is 0 Å². The van der Waals surface area contributed by atoms with Crippen LogP contribution in [0.3, 0.4) is 0 Å². The summed E-state index contributed by atoms with van der Waals surface area (Å²) in [6, 6.07) is 0. The first-order valence-electron chi connectivity index (χ1n) is 3.30. The molecular weight excluding hydrogens is 138 g/mol. The van der Waals surface area contributed by atoms with Crippen LogP contribution in [-0.4, -0.2) is 18.6 Å². The summed E-state index contributed by atoms with van der Waals surface area (Å²) in [6.07, 6.45) is 0.312. The molecular formula is C7H14F2O. The van der Waals surface area contributed by atoms with E-state index in [1.807, 2.05) is 0 Å². The van der Waals surface area contributed by atoms with Gasteiger partial charge in [0.05, 0.1) is 0 Å². The highest BCUT2D eigenvalue weighted by molar-refractivity contribution is 4.85. The van der Waals surface area contributed by atoms with Crippen LogP contribution < -0.4 is 0 Å². The first kappa shape index (κ1) is 9.82. The van der Waals surface area contributed by atoms with Gasteiger partial charge in [0, 0.05) is 14.0 Å². The lowest BCUT2D eigenvalue weighted by Gasteiger charge is -2.32. The first-order chi connectivity index (χ1) is 4.37. The number of ether oxygens (including phenoxy) is 1. The van der Waals surface area contributed by atoms with E-state index in [0.717, 1.165) is 6.92 Å². The number of rotatable bonds is 3. The van der Waals surface area contributed by atoms with E-state index in [1.54, 1.807) is 6.92 Å². The Bertz CT molecular complexity index is 103. The molecule has 0 radical (unpaired) electrons. The minimum atomic E-state index is -2.77. The van der Waals surface area contributed by atoms with E-state index >= 15 is 0 Å². The van der Waals surface area contributed by atoms with Crippen molar-refractivity contribution in [2.45, 2.75) is 38.7 Å². The molecule has 0 aromatic heterocycles. The molecule has 0 saturated heterocycles. The molecule has 0 heterocycles. The van der Waals surface area contributed by atoms with E-state index in [9.17, 15) is 8.78 Å². The molecule has 0 aromatic carbocycles. The SMILES string of the molecule is CCC(C)(OC)C(C)(F)F. The molecule has 0 spiro atoms. The van der Waals surface area contributed by atoms with Crippen molar-refractivity contribution in [2.24, 2.45) is 0 Å². The average molecular weight is 152 g/mol. The molecule has 0 aromatic rings. The molecule has 0 rings (SSSR count). The highest BCUT2D eigenvalue weighted by Crippen LogP contribution is 2.33. The molecule has 0 saturated carbocycles. The summed E-state index contributed by atoms with van der Waals surface area (Å²) in [5, 5.41) is 0.